The first-order chi connectivity index (χ1) is 22.2. The van der Waals surface area contributed by atoms with E-state index in [1.54, 1.807) is 12.1 Å². The molecule has 2 amide bonds. The third kappa shape index (κ3) is 5.60. The van der Waals surface area contributed by atoms with Crippen LogP contribution in [0.25, 0.3) is 20.2 Å². The number of hydrogen-bond acceptors (Lipinski definition) is 8. The highest BCUT2D eigenvalue weighted by Gasteiger charge is 2.37. The third-order valence-corrected chi connectivity index (χ3v) is 11.2. The monoisotopic (exact) mass is 688 g/mol. The van der Waals surface area contributed by atoms with Gasteiger partial charge in [-0.15, -0.1) is 45.9 Å². The smallest absolute Gasteiger partial charge is 0.308 e. The van der Waals surface area contributed by atoms with Crippen molar-refractivity contribution in [2.24, 2.45) is 0 Å². The number of ether oxygens (including phenoxy) is 2. The maximum atomic E-state index is 13.8. The standard InChI is InChI=1S/C33H32Cl2N2O6S2/c1-16-14-44-32-24(42-18(3)38)8-22-30(28(16)32)20(10-34)12-36(22)26(40)6-5-7-27(41)37-13-21(11-35)31-23(37)9-25(43-19(4)39)33-29(31)17(2)15-45-33/h8-9,14-15,20-21H,5-7,10-13H2,1-4H3/t20-,21-/m1/s1/i5D2. The Morgan fingerprint density at radius 2 is 1.20 bits per heavy atom. The van der Waals surface area contributed by atoms with Gasteiger partial charge in [-0.05, 0) is 53.2 Å². The van der Waals surface area contributed by atoms with E-state index in [1.807, 2.05) is 24.6 Å². The van der Waals surface area contributed by atoms with Crippen LogP contribution < -0.4 is 19.3 Å². The van der Waals surface area contributed by atoms with E-state index >= 15 is 0 Å². The highest BCUT2D eigenvalue weighted by Crippen LogP contribution is 2.50. The van der Waals surface area contributed by atoms with Gasteiger partial charge in [0.25, 0.3) is 0 Å². The fraction of sp³-hybridized carbons (Fsp3) is 0.394. The summed E-state index contributed by atoms with van der Waals surface area (Å²) in [6.07, 6.45) is -3.32. The first kappa shape index (κ1) is 29.2. The second kappa shape index (κ2) is 12.5. The fourth-order valence-electron chi connectivity index (χ4n) is 6.46. The van der Waals surface area contributed by atoms with Gasteiger partial charge in [-0.1, -0.05) is 0 Å². The van der Waals surface area contributed by atoms with Gasteiger partial charge in [0.1, 0.15) is 0 Å². The zero-order chi connectivity index (χ0) is 33.9. The summed E-state index contributed by atoms with van der Waals surface area (Å²) >= 11 is 15.7. The average molecular weight is 690 g/mol. The summed E-state index contributed by atoms with van der Waals surface area (Å²) in [5.41, 5.74) is 4.73. The Labute approximate surface area is 281 Å². The molecule has 2 aromatic heterocycles. The van der Waals surface area contributed by atoms with Crippen LogP contribution >= 0.6 is 45.9 Å². The van der Waals surface area contributed by atoms with Gasteiger partial charge in [-0.25, -0.2) is 0 Å². The van der Waals surface area contributed by atoms with Gasteiger partial charge in [0, 0.05) is 89.0 Å². The first-order valence-corrected chi connectivity index (χ1v) is 17.3. The molecular weight excluding hydrogens is 655 g/mol. The second-order valence-corrected chi connectivity index (χ2v) is 13.7. The van der Waals surface area contributed by atoms with Crippen LogP contribution in [0.5, 0.6) is 11.5 Å². The Kier molecular flexibility index (Phi) is 8.15. The van der Waals surface area contributed by atoms with Crippen LogP contribution in [0.15, 0.2) is 22.9 Å². The van der Waals surface area contributed by atoms with E-state index in [0.29, 0.717) is 22.9 Å². The number of anilines is 2. The summed E-state index contributed by atoms with van der Waals surface area (Å²) in [5, 5.41) is 5.69. The molecule has 2 atom stereocenters. The van der Waals surface area contributed by atoms with Crippen molar-refractivity contribution in [3.05, 3.63) is 45.1 Å². The lowest BCUT2D eigenvalue weighted by molar-refractivity contribution is -0.132. The Balaban J connectivity index is 1.28. The highest BCUT2D eigenvalue weighted by molar-refractivity contribution is 7.18. The van der Waals surface area contributed by atoms with Crippen LogP contribution in [0.3, 0.4) is 0 Å². The number of benzene rings is 2. The summed E-state index contributed by atoms with van der Waals surface area (Å²) in [4.78, 5) is 54.5. The Hall–Kier alpha value is -3.18. The van der Waals surface area contributed by atoms with E-state index < -0.39 is 43.0 Å². The largest absolute Gasteiger partial charge is 0.425 e. The molecular formula is C33H32Cl2N2O6S2. The highest BCUT2D eigenvalue weighted by atomic mass is 35.5. The van der Waals surface area contributed by atoms with E-state index in [1.165, 1.54) is 46.3 Å². The van der Waals surface area contributed by atoms with Crippen molar-refractivity contribution >= 4 is 101 Å². The zero-order valence-electron chi connectivity index (χ0n) is 27.1. The molecule has 236 valence electrons. The summed E-state index contributed by atoms with van der Waals surface area (Å²) < 4.78 is 30.2. The molecule has 2 aliphatic heterocycles. The third-order valence-electron chi connectivity index (χ3n) is 8.26. The molecule has 0 saturated carbocycles. The van der Waals surface area contributed by atoms with Crippen LogP contribution in [0.1, 0.15) is 69.9 Å². The van der Waals surface area contributed by atoms with Crippen molar-refractivity contribution in [1.82, 2.24) is 0 Å². The molecule has 2 aromatic carbocycles. The molecule has 4 heterocycles. The number of carbonyl (C=O) groups is 4. The van der Waals surface area contributed by atoms with Crippen molar-refractivity contribution in [3.8, 4) is 11.5 Å². The molecule has 0 saturated heterocycles. The predicted octanol–water partition coefficient (Wildman–Crippen LogP) is 7.79. The maximum absolute atomic E-state index is 13.8. The number of carbonyl (C=O) groups excluding carboxylic acids is 4. The lowest BCUT2D eigenvalue weighted by Crippen LogP contribution is -2.32. The Morgan fingerprint density at radius 3 is 1.56 bits per heavy atom. The molecule has 2 aliphatic rings. The summed E-state index contributed by atoms with van der Waals surface area (Å²) in [6.45, 7) is 6.99. The number of thiophene rings is 2. The van der Waals surface area contributed by atoms with Gasteiger partial charge in [-0.2, -0.15) is 0 Å². The van der Waals surface area contributed by atoms with Crippen LogP contribution in [-0.4, -0.2) is 48.6 Å². The molecule has 0 radical (unpaired) electrons. The summed E-state index contributed by atoms with van der Waals surface area (Å²) in [6, 6.07) is 3.31. The molecule has 0 fully saturated rings. The number of fused-ring (bicyclic) bond motifs is 6. The number of aryl methyl sites for hydroxylation is 2. The number of amides is 2. The van der Waals surface area contributed by atoms with E-state index in [-0.39, 0.29) is 36.7 Å². The van der Waals surface area contributed by atoms with Gasteiger partial charge < -0.3 is 19.3 Å². The summed E-state index contributed by atoms with van der Waals surface area (Å²) in [7, 11) is 0. The first-order valence-electron chi connectivity index (χ1n) is 15.4. The number of alkyl halides is 2. The molecule has 0 spiro atoms. The maximum Gasteiger partial charge on any atom is 0.308 e. The van der Waals surface area contributed by atoms with Crippen molar-refractivity contribution < 1.29 is 31.4 Å². The fourth-order valence-corrected chi connectivity index (χ4v) is 9.00. The van der Waals surface area contributed by atoms with E-state index in [4.69, 9.17) is 35.4 Å². The molecule has 6 rings (SSSR count). The van der Waals surface area contributed by atoms with Crippen molar-refractivity contribution in [2.75, 3.05) is 34.6 Å². The predicted molar refractivity (Wildman–Crippen MR) is 181 cm³/mol. The number of rotatable bonds is 8. The minimum absolute atomic E-state index is 0.206. The zero-order valence-corrected chi connectivity index (χ0v) is 28.3. The number of esters is 2. The SMILES string of the molecule is [2H]C([2H])(CC(=O)N1C[C@@H](CCl)c2c1cc(OC(C)=O)c1scc(C)c21)CC(=O)N1C[C@@H](CCl)c2c1cc(OC(C)=O)c1scc(C)c21. The van der Waals surface area contributed by atoms with Gasteiger partial charge in [0.05, 0.1) is 20.8 Å². The van der Waals surface area contributed by atoms with Crippen LogP contribution in [0.4, 0.5) is 11.4 Å². The number of halogens is 2. The molecule has 45 heavy (non-hydrogen) atoms. The van der Waals surface area contributed by atoms with E-state index in [2.05, 4.69) is 0 Å². The lowest BCUT2D eigenvalue weighted by Gasteiger charge is -2.20. The van der Waals surface area contributed by atoms with E-state index in [0.717, 1.165) is 42.4 Å². The number of hydrogen-bond donors (Lipinski definition) is 0. The number of nitrogens with zero attached hydrogens (tertiary/aromatic N) is 2. The van der Waals surface area contributed by atoms with Gasteiger partial charge in [0.15, 0.2) is 11.5 Å². The molecule has 8 nitrogen and oxygen atoms in total. The van der Waals surface area contributed by atoms with Crippen LogP contribution in [0.2, 0.25) is 0 Å². The topological polar surface area (TPSA) is 93.2 Å². The normalized spacial score (nSPS) is 18.2. The van der Waals surface area contributed by atoms with Gasteiger partial charge in [-0.3, -0.25) is 19.2 Å². The second-order valence-electron chi connectivity index (χ2n) is 11.4. The lowest BCUT2D eigenvalue weighted by atomic mass is 9.97. The van der Waals surface area contributed by atoms with Crippen molar-refractivity contribution in [1.29, 1.82) is 0 Å². The molecule has 0 N–H and O–H groups in total. The van der Waals surface area contributed by atoms with Crippen molar-refractivity contribution in [3.63, 3.8) is 0 Å². The average Bonchev–Trinajstić information content (AvgIpc) is 3.75. The molecule has 0 aliphatic carbocycles. The summed E-state index contributed by atoms with van der Waals surface area (Å²) in [5.74, 6) is -1.27. The minimum Gasteiger partial charge on any atom is -0.425 e. The molecule has 0 bridgehead atoms. The van der Waals surface area contributed by atoms with Gasteiger partial charge in [0.2, 0.25) is 11.8 Å². The molecule has 4 aromatic rings. The van der Waals surface area contributed by atoms with Crippen LogP contribution in [-0.2, 0) is 19.2 Å². The Bertz CT molecular complexity index is 1840. The molecule has 0 unspecified atom stereocenters. The minimum atomic E-state index is -2.20. The van der Waals surface area contributed by atoms with Crippen LogP contribution in [0, 0.1) is 13.8 Å². The van der Waals surface area contributed by atoms with E-state index in [9.17, 15) is 19.2 Å². The molecule has 12 heteroatoms. The Morgan fingerprint density at radius 1 is 0.800 bits per heavy atom. The van der Waals surface area contributed by atoms with Gasteiger partial charge >= 0.3 is 11.9 Å². The quantitative estimate of drug-likeness (QED) is 0.107. The van der Waals surface area contributed by atoms with Crippen molar-refractivity contribution in [2.45, 2.75) is 58.7 Å².